The molecule has 1 amide bonds. The summed E-state index contributed by atoms with van der Waals surface area (Å²) >= 11 is 3.40. The quantitative estimate of drug-likeness (QED) is 0.444. The molecule has 7 nitrogen and oxygen atoms in total. The number of benzene rings is 2. The fourth-order valence-corrected chi connectivity index (χ4v) is 3.56. The molecule has 0 radical (unpaired) electrons. The number of esters is 1. The molecule has 1 N–H and O–H groups in total. The summed E-state index contributed by atoms with van der Waals surface area (Å²) in [5, 5.41) is 2.39. The summed E-state index contributed by atoms with van der Waals surface area (Å²) in [6, 6.07) is 14.1. The van der Waals surface area contributed by atoms with E-state index in [-0.39, 0.29) is 12.3 Å². The summed E-state index contributed by atoms with van der Waals surface area (Å²) in [7, 11) is -2.16. The summed E-state index contributed by atoms with van der Waals surface area (Å²) in [5.41, 5.74) is 1.79. The SMILES string of the molecule is COC(=O)C(=Cc1ccc(C(C)(C)S(C)(=O)=O)cc1Br)NC(=O)OCc1ccccc1. The van der Waals surface area contributed by atoms with Crippen molar-refractivity contribution in [3.8, 4) is 0 Å². The summed E-state index contributed by atoms with van der Waals surface area (Å²) < 4.78 is 33.5. The molecule has 9 heteroatoms. The number of carbonyl (C=O) groups excluding carboxylic acids is 2. The van der Waals surface area contributed by atoms with Crippen molar-refractivity contribution in [1.29, 1.82) is 0 Å². The van der Waals surface area contributed by atoms with Crippen molar-refractivity contribution >= 4 is 43.9 Å². The predicted molar refractivity (Wildman–Crippen MR) is 122 cm³/mol. The van der Waals surface area contributed by atoms with E-state index in [1.54, 1.807) is 44.2 Å². The van der Waals surface area contributed by atoms with Gasteiger partial charge in [0.2, 0.25) is 0 Å². The number of methoxy groups -OCH3 is 1. The van der Waals surface area contributed by atoms with Gasteiger partial charge in [-0.05, 0) is 42.7 Å². The van der Waals surface area contributed by atoms with Crippen molar-refractivity contribution in [1.82, 2.24) is 5.32 Å². The lowest BCUT2D eigenvalue weighted by molar-refractivity contribution is -0.136. The third-order valence-corrected chi connectivity index (χ3v) is 7.55. The van der Waals surface area contributed by atoms with Crippen molar-refractivity contribution in [2.45, 2.75) is 25.2 Å². The minimum atomic E-state index is -3.35. The highest BCUT2D eigenvalue weighted by atomic mass is 79.9. The maximum Gasteiger partial charge on any atom is 0.412 e. The Morgan fingerprint density at radius 2 is 1.77 bits per heavy atom. The fraction of sp³-hybridized carbons (Fsp3) is 0.273. The summed E-state index contributed by atoms with van der Waals surface area (Å²) in [6.07, 6.45) is 1.78. The molecule has 0 atom stereocenters. The number of rotatable bonds is 7. The minimum Gasteiger partial charge on any atom is -0.464 e. The normalized spacial score (nSPS) is 12.2. The molecule has 0 aliphatic carbocycles. The average Bonchev–Trinajstić information content (AvgIpc) is 2.72. The van der Waals surface area contributed by atoms with Crippen LogP contribution in [0.5, 0.6) is 0 Å². The zero-order valence-electron chi connectivity index (χ0n) is 17.6. The lowest BCUT2D eigenvalue weighted by Gasteiger charge is -2.23. The van der Waals surface area contributed by atoms with Crippen molar-refractivity contribution in [2.75, 3.05) is 13.4 Å². The molecule has 2 aromatic carbocycles. The second kappa shape index (κ2) is 10.1. The van der Waals surface area contributed by atoms with Gasteiger partial charge in [0.15, 0.2) is 9.84 Å². The molecule has 0 fully saturated rings. The molecule has 166 valence electrons. The number of sulfone groups is 1. The van der Waals surface area contributed by atoms with E-state index in [2.05, 4.69) is 21.2 Å². The Kier molecular flexibility index (Phi) is 8.02. The Balaban J connectivity index is 2.25. The van der Waals surface area contributed by atoms with Crippen LogP contribution in [0.25, 0.3) is 6.08 Å². The van der Waals surface area contributed by atoms with Gasteiger partial charge in [-0.2, -0.15) is 0 Å². The molecule has 0 bridgehead atoms. The van der Waals surface area contributed by atoms with Gasteiger partial charge >= 0.3 is 12.1 Å². The second-order valence-corrected chi connectivity index (χ2v) is 10.7. The number of alkyl carbamates (subject to hydrolysis) is 1. The zero-order valence-corrected chi connectivity index (χ0v) is 20.0. The fourth-order valence-electron chi connectivity index (χ4n) is 2.51. The largest absolute Gasteiger partial charge is 0.464 e. The first-order chi connectivity index (χ1) is 14.5. The molecule has 0 aliphatic heterocycles. The number of ether oxygens (including phenoxy) is 2. The number of hydrogen-bond donors (Lipinski definition) is 1. The van der Waals surface area contributed by atoms with Crippen LogP contribution in [0.4, 0.5) is 4.79 Å². The number of amides is 1. The van der Waals surface area contributed by atoms with Gasteiger partial charge in [0.05, 0.1) is 11.9 Å². The van der Waals surface area contributed by atoms with Crippen molar-refractivity contribution < 1.29 is 27.5 Å². The van der Waals surface area contributed by atoms with Crippen LogP contribution >= 0.6 is 15.9 Å². The van der Waals surface area contributed by atoms with Gasteiger partial charge in [0.1, 0.15) is 12.3 Å². The third-order valence-electron chi connectivity index (χ3n) is 4.78. The molecule has 31 heavy (non-hydrogen) atoms. The molecule has 0 aromatic heterocycles. The molecule has 0 unspecified atom stereocenters. The maximum atomic E-state index is 12.2. The molecule has 2 aromatic rings. The number of nitrogens with one attached hydrogen (secondary N) is 1. The van der Waals surface area contributed by atoms with Gasteiger partial charge in [0.25, 0.3) is 0 Å². The van der Waals surface area contributed by atoms with E-state index in [0.717, 1.165) is 5.56 Å². The van der Waals surface area contributed by atoms with Crippen LogP contribution in [0.2, 0.25) is 0 Å². The molecule has 0 heterocycles. The Labute approximate surface area is 190 Å². The molecule has 2 rings (SSSR count). The summed E-state index contributed by atoms with van der Waals surface area (Å²) in [6.45, 7) is 3.27. The topological polar surface area (TPSA) is 98.8 Å². The second-order valence-electron chi connectivity index (χ2n) is 7.26. The third kappa shape index (κ3) is 6.41. The molecule has 0 saturated heterocycles. The van der Waals surface area contributed by atoms with E-state index >= 15 is 0 Å². The Hall–Kier alpha value is -2.65. The lowest BCUT2D eigenvalue weighted by atomic mass is 10.0. The maximum absolute atomic E-state index is 12.2. The Morgan fingerprint density at radius 3 is 2.32 bits per heavy atom. The predicted octanol–water partition coefficient (Wildman–Crippen LogP) is 4.17. The monoisotopic (exact) mass is 509 g/mol. The molecule has 0 aliphatic rings. The average molecular weight is 510 g/mol. The first-order valence-corrected chi connectivity index (χ1v) is 11.9. The van der Waals surface area contributed by atoms with Crippen molar-refractivity contribution in [2.24, 2.45) is 0 Å². The van der Waals surface area contributed by atoms with Gasteiger partial charge in [0, 0.05) is 10.7 Å². The molecular formula is C22H24BrNO6S. The highest BCUT2D eigenvalue weighted by Gasteiger charge is 2.32. The molecule has 0 saturated carbocycles. The first-order valence-electron chi connectivity index (χ1n) is 9.23. The van der Waals surface area contributed by atoms with Gasteiger partial charge < -0.3 is 9.47 Å². The Morgan fingerprint density at radius 1 is 1.13 bits per heavy atom. The van der Waals surface area contributed by atoms with E-state index in [4.69, 9.17) is 9.47 Å². The van der Waals surface area contributed by atoms with E-state index in [1.165, 1.54) is 19.4 Å². The van der Waals surface area contributed by atoms with Gasteiger partial charge in [-0.3, -0.25) is 5.32 Å². The van der Waals surface area contributed by atoms with Crippen LogP contribution in [0.15, 0.2) is 58.7 Å². The highest BCUT2D eigenvalue weighted by molar-refractivity contribution is 9.10. The number of halogens is 1. The summed E-state index contributed by atoms with van der Waals surface area (Å²) in [5.74, 6) is -0.760. The van der Waals surface area contributed by atoms with Crippen molar-refractivity contribution in [3.05, 3.63) is 75.4 Å². The van der Waals surface area contributed by atoms with Crippen molar-refractivity contribution in [3.63, 3.8) is 0 Å². The first kappa shape index (κ1) is 24.6. The number of carbonyl (C=O) groups is 2. The smallest absolute Gasteiger partial charge is 0.412 e. The lowest BCUT2D eigenvalue weighted by Crippen LogP contribution is -2.29. The minimum absolute atomic E-state index is 0.0418. The highest BCUT2D eigenvalue weighted by Crippen LogP contribution is 2.32. The van der Waals surface area contributed by atoms with E-state index < -0.39 is 26.6 Å². The van der Waals surface area contributed by atoms with Crippen LogP contribution in [-0.4, -0.2) is 33.8 Å². The summed E-state index contributed by atoms with van der Waals surface area (Å²) in [4.78, 5) is 24.3. The van der Waals surface area contributed by atoms with Crippen LogP contribution < -0.4 is 5.32 Å². The number of hydrogen-bond acceptors (Lipinski definition) is 6. The van der Waals surface area contributed by atoms with Crippen LogP contribution in [0, 0.1) is 0 Å². The van der Waals surface area contributed by atoms with E-state index in [0.29, 0.717) is 15.6 Å². The van der Waals surface area contributed by atoms with Crippen LogP contribution in [-0.2, 0) is 35.5 Å². The standard InChI is InChI=1S/C22H24BrNO6S/c1-22(2,31(4,27)28)17-11-10-16(18(23)13-17)12-19(20(25)29-3)24-21(26)30-14-15-8-6-5-7-9-15/h5-13H,14H2,1-4H3,(H,24,26). The van der Waals surface area contributed by atoms with E-state index in [9.17, 15) is 18.0 Å². The molecule has 0 spiro atoms. The van der Waals surface area contributed by atoms with E-state index in [1.807, 2.05) is 18.2 Å². The Bertz CT molecular complexity index is 1090. The van der Waals surface area contributed by atoms with Gasteiger partial charge in [-0.25, -0.2) is 18.0 Å². The van der Waals surface area contributed by atoms with Gasteiger partial charge in [-0.15, -0.1) is 0 Å². The van der Waals surface area contributed by atoms with Crippen LogP contribution in [0.3, 0.4) is 0 Å². The zero-order chi connectivity index (χ0) is 23.2. The van der Waals surface area contributed by atoms with Gasteiger partial charge in [-0.1, -0.05) is 58.4 Å². The molecular weight excluding hydrogens is 486 g/mol. The van der Waals surface area contributed by atoms with Crippen LogP contribution in [0.1, 0.15) is 30.5 Å².